The van der Waals surface area contributed by atoms with Gasteiger partial charge >= 0.3 is 0 Å². The van der Waals surface area contributed by atoms with Gasteiger partial charge in [-0.15, -0.1) is 0 Å². The molecule has 0 saturated carbocycles. The van der Waals surface area contributed by atoms with Crippen molar-refractivity contribution < 1.29 is 28.9 Å². The van der Waals surface area contributed by atoms with Gasteiger partial charge in [0.1, 0.15) is 24.8 Å². The lowest BCUT2D eigenvalue weighted by atomic mass is 10.1. The summed E-state index contributed by atoms with van der Waals surface area (Å²) >= 11 is 0. The van der Waals surface area contributed by atoms with E-state index in [-0.39, 0.29) is 11.1 Å². The van der Waals surface area contributed by atoms with E-state index in [1.165, 1.54) is 12.1 Å². The molecule has 3 aromatic rings. The molecule has 2 heterocycles. The van der Waals surface area contributed by atoms with Crippen LogP contribution in [0.15, 0.2) is 61.7 Å². The van der Waals surface area contributed by atoms with Crippen LogP contribution in [0.1, 0.15) is 20.7 Å². The van der Waals surface area contributed by atoms with Crippen molar-refractivity contribution in [2.75, 3.05) is 0 Å². The predicted octanol–water partition coefficient (Wildman–Crippen LogP) is -1.89. The second-order valence-electron chi connectivity index (χ2n) is 5.61. The molecule has 0 aliphatic heterocycles. The number of aryl methyl sites for hydroxylation is 4. The van der Waals surface area contributed by atoms with Crippen molar-refractivity contribution in [3.8, 4) is 0 Å². The first-order valence-electron chi connectivity index (χ1n) is 7.66. The van der Waals surface area contributed by atoms with Gasteiger partial charge in [-0.3, -0.25) is 0 Å². The van der Waals surface area contributed by atoms with Gasteiger partial charge in [-0.1, -0.05) is 24.3 Å². The summed E-state index contributed by atoms with van der Waals surface area (Å²) < 4.78 is 8.00. The fourth-order valence-electron chi connectivity index (χ4n) is 1.99. The Hall–Kier alpha value is -3.42. The Labute approximate surface area is 151 Å². The Morgan fingerprint density at radius 3 is 1.31 bits per heavy atom. The normalized spacial score (nSPS) is 9.38. The van der Waals surface area contributed by atoms with E-state index in [0.717, 1.165) is 12.1 Å². The molecule has 0 radical (unpaired) electrons. The number of imidazole rings is 2. The quantitative estimate of drug-likeness (QED) is 0.500. The molecule has 138 valence electrons. The SMILES string of the molecule is Cn1cc[n+](C)c1.Cn1cc[n+](C)c1.O=C([O-])c1ccccc1C(=O)[O-]. The third-order valence-corrected chi connectivity index (χ3v) is 3.17. The van der Waals surface area contributed by atoms with Gasteiger partial charge in [0, 0.05) is 11.1 Å². The lowest BCUT2D eigenvalue weighted by Crippen LogP contribution is -2.29. The molecule has 3 rings (SSSR count). The maximum atomic E-state index is 10.3. The lowest BCUT2D eigenvalue weighted by Gasteiger charge is -2.09. The molecule has 1 aromatic carbocycles. The Bertz CT molecular complexity index is 763. The van der Waals surface area contributed by atoms with E-state index in [1.54, 1.807) is 0 Å². The van der Waals surface area contributed by atoms with Crippen LogP contribution in [0.2, 0.25) is 0 Å². The van der Waals surface area contributed by atoms with Crippen LogP contribution in [-0.4, -0.2) is 21.1 Å². The van der Waals surface area contributed by atoms with Crippen molar-refractivity contribution >= 4 is 11.9 Å². The minimum absolute atomic E-state index is 0.363. The number of hydrogen-bond donors (Lipinski definition) is 0. The molecule has 0 amide bonds. The summed E-state index contributed by atoms with van der Waals surface area (Å²) in [5.74, 6) is -3.04. The average Bonchev–Trinajstić information content (AvgIpc) is 3.15. The van der Waals surface area contributed by atoms with E-state index < -0.39 is 11.9 Å². The highest BCUT2D eigenvalue weighted by molar-refractivity contribution is 5.99. The molecule has 0 unspecified atom stereocenters. The fraction of sp³-hybridized carbons (Fsp3) is 0.222. The highest BCUT2D eigenvalue weighted by Gasteiger charge is 2.01. The van der Waals surface area contributed by atoms with E-state index in [4.69, 9.17) is 0 Å². The zero-order valence-electron chi connectivity index (χ0n) is 15.2. The van der Waals surface area contributed by atoms with Crippen LogP contribution in [0.4, 0.5) is 0 Å². The molecule has 0 aliphatic carbocycles. The molecule has 0 atom stereocenters. The third-order valence-electron chi connectivity index (χ3n) is 3.17. The summed E-state index contributed by atoms with van der Waals surface area (Å²) in [5.41, 5.74) is -0.727. The van der Waals surface area contributed by atoms with E-state index in [1.807, 2.05) is 83.9 Å². The van der Waals surface area contributed by atoms with Crippen LogP contribution in [0.25, 0.3) is 0 Å². The molecule has 0 saturated heterocycles. The fourth-order valence-corrected chi connectivity index (χ4v) is 1.99. The van der Waals surface area contributed by atoms with Crippen molar-refractivity contribution in [1.82, 2.24) is 9.13 Å². The van der Waals surface area contributed by atoms with Gasteiger partial charge in [0.25, 0.3) is 0 Å². The second-order valence-corrected chi connectivity index (χ2v) is 5.61. The molecule has 0 spiro atoms. The average molecular weight is 358 g/mol. The Kier molecular flexibility index (Phi) is 7.75. The van der Waals surface area contributed by atoms with Gasteiger partial charge in [0.2, 0.25) is 12.7 Å². The van der Waals surface area contributed by atoms with Crippen LogP contribution in [0, 0.1) is 0 Å². The molecule has 8 nitrogen and oxygen atoms in total. The molecular weight excluding hydrogens is 336 g/mol. The number of aromatic nitrogens is 4. The summed E-state index contributed by atoms with van der Waals surface area (Å²) in [6.45, 7) is 0. The number of rotatable bonds is 2. The molecule has 0 aliphatic rings. The van der Waals surface area contributed by atoms with Crippen LogP contribution < -0.4 is 19.3 Å². The summed E-state index contributed by atoms with van der Waals surface area (Å²) in [7, 11) is 8.00. The molecule has 26 heavy (non-hydrogen) atoms. The van der Waals surface area contributed by atoms with Crippen LogP contribution >= 0.6 is 0 Å². The molecule has 8 heteroatoms. The standard InChI is InChI=1S/C8H6O4.2C5H9N2/c9-7(10)5-3-1-2-4-6(5)8(11)12;2*1-6-3-4-7(2)5-6/h1-4H,(H,9,10)(H,11,12);2*3-5H,1-2H3/q;2*+1/p-2. The zero-order valence-corrected chi connectivity index (χ0v) is 15.2. The zero-order chi connectivity index (χ0) is 19.7. The highest BCUT2D eigenvalue weighted by Crippen LogP contribution is 2.05. The first-order chi connectivity index (χ1) is 12.2. The van der Waals surface area contributed by atoms with Crippen LogP contribution in [0.3, 0.4) is 0 Å². The van der Waals surface area contributed by atoms with Gasteiger partial charge in [-0.05, 0) is 0 Å². The van der Waals surface area contributed by atoms with Crippen LogP contribution in [0.5, 0.6) is 0 Å². The van der Waals surface area contributed by atoms with Crippen molar-refractivity contribution in [2.45, 2.75) is 0 Å². The van der Waals surface area contributed by atoms with Gasteiger partial charge in [-0.25, -0.2) is 18.3 Å². The smallest absolute Gasteiger partial charge is 0.243 e. The van der Waals surface area contributed by atoms with E-state index in [2.05, 4.69) is 0 Å². The molecule has 0 bridgehead atoms. The van der Waals surface area contributed by atoms with E-state index in [0.29, 0.717) is 0 Å². The van der Waals surface area contributed by atoms with Crippen molar-refractivity contribution in [3.63, 3.8) is 0 Å². The van der Waals surface area contributed by atoms with E-state index >= 15 is 0 Å². The van der Waals surface area contributed by atoms with Gasteiger partial charge in [-0.2, -0.15) is 0 Å². The maximum absolute atomic E-state index is 10.3. The van der Waals surface area contributed by atoms with Crippen molar-refractivity contribution in [1.29, 1.82) is 0 Å². The van der Waals surface area contributed by atoms with Gasteiger partial charge in [0.15, 0.2) is 0 Å². The first-order valence-corrected chi connectivity index (χ1v) is 7.66. The first kappa shape index (κ1) is 20.6. The summed E-state index contributed by atoms with van der Waals surface area (Å²) in [6, 6.07) is 5.14. The summed E-state index contributed by atoms with van der Waals surface area (Å²) in [5, 5.41) is 20.6. The maximum Gasteiger partial charge on any atom is 0.243 e. The number of nitrogens with zero attached hydrogens (tertiary/aromatic N) is 4. The summed E-state index contributed by atoms with van der Waals surface area (Å²) in [4.78, 5) is 20.6. The lowest BCUT2D eigenvalue weighted by molar-refractivity contribution is -0.671. The molecule has 2 aromatic heterocycles. The number of hydrogen-bond acceptors (Lipinski definition) is 4. The monoisotopic (exact) mass is 358 g/mol. The van der Waals surface area contributed by atoms with Gasteiger partial charge < -0.3 is 19.8 Å². The van der Waals surface area contributed by atoms with Gasteiger partial charge in [0.05, 0.1) is 40.1 Å². The number of aromatic carboxylic acids is 2. The Morgan fingerprint density at radius 2 is 1.15 bits per heavy atom. The molecule has 0 N–H and O–H groups in total. The number of carbonyl (C=O) groups is 2. The minimum atomic E-state index is -1.52. The van der Waals surface area contributed by atoms with E-state index in [9.17, 15) is 19.8 Å². The summed E-state index contributed by atoms with van der Waals surface area (Å²) in [6.07, 6.45) is 12.0. The van der Waals surface area contributed by atoms with Crippen molar-refractivity contribution in [3.05, 3.63) is 72.8 Å². The topological polar surface area (TPSA) is 97.9 Å². The van der Waals surface area contributed by atoms with Crippen LogP contribution in [-0.2, 0) is 28.2 Å². The second kappa shape index (κ2) is 9.77. The Balaban J connectivity index is 0.000000207. The number of benzene rings is 1. The molecule has 0 fully saturated rings. The number of carbonyl (C=O) groups excluding carboxylic acids is 2. The largest absolute Gasteiger partial charge is 0.545 e. The van der Waals surface area contributed by atoms with Crippen molar-refractivity contribution in [2.24, 2.45) is 28.2 Å². The predicted molar refractivity (Wildman–Crippen MR) is 88.3 cm³/mol. The number of carboxylic acids is 2. The Morgan fingerprint density at radius 1 is 0.808 bits per heavy atom. The number of carboxylic acid groups (broad SMARTS) is 2. The minimum Gasteiger partial charge on any atom is -0.545 e. The highest BCUT2D eigenvalue weighted by atomic mass is 16.4. The third kappa shape index (κ3) is 7.00. The molecular formula is C18H22N4O4.